The van der Waals surface area contributed by atoms with Crippen molar-refractivity contribution >= 4 is 51.5 Å². The third-order valence-electron chi connectivity index (χ3n) is 3.69. The minimum atomic E-state index is 0.0807. The molecule has 124 valence electrons. The summed E-state index contributed by atoms with van der Waals surface area (Å²) in [5.41, 5.74) is 2.14. The summed E-state index contributed by atoms with van der Waals surface area (Å²) in [6.07, 6.45) is 0. The number of carbonyl (C=O) groups is 1. The molecule has 0 spiro atoms. The summed E-state index contributed by atoms with van der Waals surface area (Å²) in [6, 6.07) is 13.9. The van der Waals surface area contributed by atoms with Crippen LogP contribution in [0.3, 0.4) is 0 Å². The zero-order valence-electron chi connectivity index (χ0n) is 13.5. The van der Waals surface area contributed by atoms with Gasteiger partial charge in [-0.2, -0.15) is 0 Å². The number of thioether (sulfide) groups is 1. The fourth-order valence-electron chi connectivity index (χ4n) is 2.40. The van der Waals surface area contributed by atoms with Crippen molar-refractivity contribution in [1.82, 2.24) is 9.88 Å². The number of aromatic nitrogens is 1. The van der Waals surface area contributed by atoms with Crippen molar-refractivity contribution in [1.29, 1.82) is 0 Å². The first-order chi connectivity index (χ1) is 11.5. The normalized spacial score (nSPS) is 11.0. The predicted molar refractivity (Wildman–Crippen MR) is 103 cm³/mol. The molecule has 0 N–H and O–H groups in total. The Bertz CT molecular complexity index is 878. The molecule has 1 amide bonds. The number of hydrogen-bond donors (Lipinski definition) is 0. The Labute approximate surface area is 154 Å². The molecule has 0 fully saturated rings. The molecule has 3 aromatic rings. The van der Waals surface area contributed by atoms with Crippen molar-refractivity contribution in [3.05, 3.63) is 57.2 Å². The third-order valence-corrected chi connectivity index (χ3v) is 5.80. The van der Waals surface area contributed by atoms with Crippen LogP contribution in [-0.2, 0) is 11.3 Å². The number of carbonyl (C=O) groups excluding carboxylic acids is 1. The lowest BCUT2D eigenvalue weighted by molar-refractivity contribution is -0.127. The van der Waals surface area contributed by atoms with Gasteiger partial charge in [-0.3, -0.25) is 4.79 Å². The lowest BCUT2D eigenvalue weighted by Crippen LogP contribution is -2.27. The van der Waals surface area contributed by atoms with Crippen LogP contribution in [0.2, 0.25) is 4.34 Å². The summed E-state index contributed by atoms with van der Waals surface area (Å²) in [6.45, 7) is 2.66. The highest BCUT2D eigenvalue weighted by Gasteiger charge is 2.12. The average Bonchev–Trinajstić information content (AvgIpc) is 2.97. The number of hydrogen-bond acceptors (Lipinski definition) is 4. The van der Waals surface area contributed by atoms with Crippen LogP contribution >= 0.6 is 34.7 Å². The number of rotatable bonds is 5. The Kier molecular flexibility index (Phi) is 5.43. The number of fused-ring (bicyclic) bond motifs is 1. The molecule has 3 rings (SSSR count). The van der Waals surface area contributed by atoms with E-state index in [4.69, 9.17) is 11.6 Å². The number of nitrogens with zero attached hydrogens (tertiary/aromatic N) is 2. The Balaban J connectivity index is 1.63. The van der Waals surface area contributed by atoms with E-state index in [2.05, 4.69) is 18.0 Å². The first-order valence-electron chi connectivity index (χ1n) is 7.50. The van der Waals surface area contributed by atoms with E-state index < -0.39 is 0 Å². The lowest BCUT2D eigenvalue weighted by Gasteiger charge is -2.16. The van der Waals surface area contributed by atoms with E-state index >= 15 is 0 Å². The Morgan fingerprint density at radius 2 is 2.08 bits per heavy atom. The molecule has 0 atom stereocenters. The molecule has 0 saturated heterocycles. The van der Waals surface area contributed by atoms with Gasteiger partial charge < -0.3 is 4.90 Å². The van der Waals surface area contributed by atoms with Gasteiger partial charge in [0.2, 0.25) is 5.91 Å². The number of aryl methyl sites for hydroxylation is 1. The first kappa shape index (κ1) is 17.3. The van der Waals surface area contributed by atoms with E-state index in [9.17, 15) is 4.79 Å². The van der Waals surface area contributed by atoms with Crippen LogP contribution in [-0.4, -0.2) is 28.6 Å². The zero-order chi connectivity index (χ0) is 17.1. The molecule has 6 heteroatoms. The number of benzene rings is 1. The highest BCUT2D eigenvalue weighted by atomic mass is 35.5. The molecule has 0 aliphatic heterocycles. The summed E-state index contributed by atoms with van der Waals surface area (Å²) in [5, 5.41) is 2.03. The summed E-state index contributed by atoms with van der Waals surface area (Å²) in [7, 11) is 1.82. The second kappa shape index (κ2) is 7.55. The fraction of sp³-hybridized carbons (Fsp3) is 0.222. The number of amides is 1. The van der Waals surface area contributed by atoms with E-state index in [-0.39, 0.29) is 5.91 Å². The van der Waals surface area contributed by atoms with Gasteiger partial charge >= 0.3 is 0 Å². The molecule has 1 aromatic carbocycles. The predicted octanol–water partition coefficient (Wildman–Crippen LogP) is 5.01. The zero-order valence-corrected chi connectivity index (χ0v) is 15.8. The van der Waals surface area contributed by atoms with Crippen LogP contribution in [0.1, 0.15) is 10.4 Å². The van der Waals surface area contributed by atoms with E-state index in [1.165, 1.54) is 28.7 Å². The van der Waals surface area contributed by atoms with Gasteiger partial charge in [-0.1, -0.05) is 41.6 Å². The molecule has 2 aromatic heterocycles. The molecular weight excluding hydrogens is 360 g/mol. The van der Waals surface area contributed by atoms with Crippen molar-refractivity contribution in [2.24, 2.45) is 0 Å². The quantitative estimate of drug-likeness (QED) is 0.587. The van der Waals surface area contributed by atoms with Gasteiger partial charge in [0.15, 0.2) is 0 Å². The van der Waals surface area contributed by atoms with Crippen molar-refractivity contribution in [3.63, 3.8) is 0 Å². The summed E-state index contributed by atoms with van der Waals surface area (Å²) >= 11 is 8.91. The molecule has 0 aliphatic rings. The van der Waals surface area contributed by atoms with Crippen LogP contribution in [0, 0.1) is 6.92 Å². The van der Waals surface area contributed by atoms with Gasteiger partial charge in [0.1, 0.15) is 0 Å². The maximum Gasteiger partial charge on any atom is 0.233 e. The second-order valence-corrected chi connectivity index (χ2v) is 8.33. The average molecular weight is 377 g/mol. The van der Waals surface area contributed by atoms with Crippen LogP contribution in [0.25, 0.3) is 10.9 Å². The van der Waals surface area contributed by atoms with E-state index in [1.807, 2.05) is 43.4 Å². The van der Waals surface area contributed by atoms with Gasteiger partial charge in [0.05, 0.1) is 27.2 Å². The topological polar surface area (TPSA) is 33.2 Å². The summed E-state index contributed by atoms with van der Waals surface area (Å²) in [4.78, 5) is 19.8. The van der Waals surface area contributed by atoms with E-state index in [0.29, 0.717) is 12.3 Å². The minimum absolute atomic E-state index is 0.0807. The Morgan fingerprint density at radius 1 is 1.29 bits per heavy atom. The van der Waals surface area contributed by atoms with Crippen LogP contribution in [0.4, 0.5) is 0 Å². The van der Waals surface area contributed by atoms with Crippen molar-refractivity contribution in [3.8, 4) is 0 Å². The molecule has 0 bridgehead atoms. The third kappa shape index (κ3) is 4.09. The molecule has 0 aliphatic carbocycles. The van der Waals surface area contributed by atoms with Crippen LogP contribution in [0.5, 0.6) is 0 Å². The van der Waals surface area contributed by atoms with Crippen molar-refractivity contribution in [2.45, 2.75) is 18.5 Å². The SMILES string of the molecule is Cc1cc(SCC(=O)N(C)Cc2ccc(Cl)s2)nc2ccccc12. The Hall–Kier alpha value is -1.56. The van der Waals surface area contributed by atoms with Crippen molar-refractivity contribution in [2.75, 3.05) is 12.8 Å². The maximum absolute atomic E-state index is 12.3. The van der Waals surface area contributed by atoms with Crippen LogP contribution < -0.4 is 0 Å². The lowest BCUT2D eigenvalue weighted by atomic mass is 10.1. The molecule has 0 radical (unpaired) electrons. The second-order valence-electron chi connectivity index (χ2n) is 5.54. The molecular formula is C18H17ClN2OS2. The largest absolute Gasteiger partial charge is 0.340 e. The Morgan fingerprint density at radius 3 is 2.83 bits per heavy atom. The summed E-state index contributed by atoms with van der Waals surface area (Å²) < 4.78 is 0.746. The smallest absolute Gasteiger partial charge is 0.233 e. The van der Waals surface area contributed by atoms with Gasteiger partial charge in [-0.25, -0.2) is 4.98 Å². The van der Waals surface area contributed by atoms with Gasteiger partial charge in [0, 0.05) is 17.3 Å². The highest BCUT2D eigenvalue weighted by Crippen LogP contribution is 2.25. The maximum atomic E-state index is 12.3. The number of thiophene rings is 1. The van der Waals surface area contributed by atoms with E-state index in [1.54, 1.807) is 4.90 Å². The van der Waals surface area contributed by atoms with Crippen molar-refractivity contribution < 1.29 is 4.79 Å². The molecule has 2 heterocycles. The number of pyridine rings is 1. The summed E-state index contributed by atoms with van der Waals surface area (Å²) in [5.74, 6) is 0.456. The highest BCUT2D eigenvalue weighted by molar-refractivity contribution is 7.99. The number of halogens is 1. The molecule has 3 nitrogen and oxygen atoms in total. The molecule has 0 saturated carbocycles. The molecule has 0 unspecified atom stereocenters. The monoisotopic (exact) mass is 376 g/mol. The molecule has 24 heavy (non-hydrogen) atoms. The van der Waals surface area contributed by atoms with Gasteiger partial charge in [0.25, 0.3) is 0 Å². The number of para-hydroxylation sites is 1. The van der Waals surface area contributed by atoms with Gasteiger partial charge in [-0.15, -0.1) is 11.3 Å². The minimum Gasteiger partial charge on any atom is -0.340 e. The first-order valence-corrected chi connectivity index (χ1v) is 9.68. The standard InChI is InChI=1S/C18H17ClN2OS2/c1-12-9-17(20-15-6-4-3-5-14(12)15)23-11-18(22)21(2)10-13-7-8-16(19)24-13/h3-9H,10-11H2,1-2H3. The van der Waals surface area contributed by atoms with Gasteiger partial charge in [-0.05, 0) is 36.8 Å². The fourth-order valence-corrected chi connectivity index (χ4v) is 4.45. The van der Waals surface area contributed by atoms with Crippen LogP contribution in [0.15, 0.2) is 47.5 Å². The van der Waals surface area contributed by atoms with E-state index in [0.717, 1.165) is 25.1 Å².